The Bertz CT molecular complexity index is 130. The quantitative estimate of drug-likeness (QED) is 0.605. The van der Waals surface area contributed by atoms with Crippen molar-refractivity contribution in [1.29, 1.82) is 0 Å². The number of aliphatic hydroxyl groups excluding tert-OH is 1. The van der Waals surface area contributed by atoms with Gasteiger partial charge in [0.25, 0.3) is 0 Å². The highest BCUT2D eigenvalue weighted by molar-refractivity contribution is 6.11. The van der Waals surface area contributed by atoms with E-state index < -0.39 is 0 Å². The molecule has 0 aliphatic heterocycles. The molecule has 2 unspecified atom stereocenters. The van der Waals surface area contributed by atoms with Gasteiger partial charge in [0.2, 0.25) is 0 Å². The van der Waals surface area contributed by atoms with Gasteiger partial charge in [-0.3, -0.25) is 0 Å². The van der Waals surface area contributed by atoms with E-state index in [0.717, 1.165) is 19.3 Å². The molecular weight excluding hydrogens is 175 g/mol. The monoisotopic (exact) mass is 198 g/mol. The van der Waals surface area contributed by atoms with Crippen molar-refractivity contribution in [3.8, 4) is 0 Å². The van der Waals surface area contributed by atoms with Gasteiger partial charge in [-0.1, -0.05) is 32.5 Å². The summed E-state index contributed by atoms with van der Waals surface area (Å²) in [5, 5.41) is 9.05. The van der Waals surface area contributed by atoms with E-state index in [9.17, 15) is 0 Å². The van der Waals surface area contributed by atoms with Crippen molar-refractivity contribution < 1.29 is 9.84 Å². The summed E-state index contributed by atoms with van der Waals surface area (Å²) in [6.07, 6.45) is 3.09. The van der Waals surface area contributed by atoms with Gasteiger partial charge < -0.3 is 9.84 Å². The molecule has 1 N–H and O–H groups in total. The van der Waals surface area contributed by atoms with Crippen molar-refractivity contribution in [1.82, 2.24) is 0 Å². The highest BCUT2D eigenvalue weighted by Gasteiger charge is 2.18. The van der Waals surface area contributed by atoms with E-state index in [-0.39, 0.29) is 24.4 Å². The smallest absolute Gasteiger partial charge is 0.0700 e. The van der Waals surface area contributed by atoms with E-state index in [2.05, 4.69) is 6.92 Å². The number of ether oxygens (including phenoxy) is 1. The molecule has 0 saturated carbocycles. The molecule has 3 heteroatoms. The number of rotatable bonds is 8. The lowest BCUT2D eigenvalue weighted by Gasteiger charge is -2.25. The van der Waals surface area contributed by atoms with Crippen molar-refractivity contribution in [2.45, 2.75) is 52.0 Å². The maximum absolute atomic E-state index is 9.05. The second kappa shape index (κ2) is 8.31. The van der Waals surface area contributed by atoms with Crippen LogP contribution in [0.5, 0.6) is 0 Å². The Morgan fingerprint density at radius 3 is 2.43 bits per heavy atom. The summed E-state index contributed by atoms with van der Waals surface area (Å²) in [6, 6.07) is 0. The summed E-state index contributed by atoms with van der Waals surface area (Å²) < 4.78 is 5.57. The predicted octanol–water partition coefficient (Wildman–Crippen LogP) is 2.17. The lowest BCUT2D eigenvalue weighted by Crippen LogP contribution is -2.26. The number of aliphatic hydroxyl groups is 1. The SMILES string of the molecule is [B][C@@H](CCC)CC(OCC)C(C)CO. The molecule has 0 bridgehead atoms. The van der Waals surface area contributed by atoms with Gasteiger partial charge in [-0.15, -0.1) is 0 Å². The molecule has 0 rings (SSSR count). The summed E-state index contributed by atoms with van der Waals surface area (Å²) in [7, 11) is 5.95. The Labute approximate surface area is 89.4 Å². The average molecular weight is 198 g/mol. The first-order valence-corrected chi connectivity index (χ1v) is 5.63. The third-order valence-corrected chi connectivity index (χ3v) is 2.50. The van der Waals surface area contributed by atoms with E-state index in [4.69, 9.17) is 17.7 Å². The Morgan fingerprint density at radius 2 is 2.00 bits per heavy atom. The van der Waals surface area contributed by atoms with Gasteiger partial charge in [0.15, 0.2) is 0 Å². The Balaban J connectivity index is 3.94. The minimum Gasteiger partial charge on any atom is -0.396 e. The van der Waals surface area contributed by atoms with E-state index in [1.54, 1.807) is 0 Å². The van der Waals surface area contributed by atoms with Crippen molar-refractivity contribution in [2.24, 2.45) is 5.92 Å². The van der Waals surface area contributed by atoms with Gasteiger partial charge in [-0.25, -0.2) is 0 Å². The summed E-state index contributed by atoms with van der Waals surface area (Å²) in [6.45, 7) is 6.96. The van der Waals surface area contributed by atoms with Crippen LogP contribution in [0.4, 0.5) is 0 Å². The van der Waals surface area contributed by atoms with Crippen LogP contribution >= 0.6 is 0 Å². The normalized spacial score (nSPS) is 17.7. The summed E-state index contributed by atoms with van der Waals surface area (Å²) in [5.74, 6) is 0.378. The zero-order valence-corrected chi connectivity index (χ0v) is 9.70. The first-order chi connectivity index (χ1) is 6.65. The fraction of sp³-hybridized carbons (Fsp3) is 1.00. The second-order valence-corrected chi connectivity index (χ2v) is 3.94. The Kier molecular flexibility index (Phi) is 8.30. The molecule has 3 atom stereocenters. The van der Waals surface area contributed by atoms with Crippen molar-refractivity contribution in [3.05, 3.63) is 0 Å². The molecule has 0 aromatic heterocycles. The topological polar surface area (TPSA) is 29.5 Å². The van der Waals surface area contributed by atoms with Crippen LogP contribution in [0.15, 0.2) is 0 Å². The molecular formula is C11H23BO2. The van der Waals surface area contributed by atoms with Crippen LogP contribution in [-0.4, -0.2) is 32.3 Å². The first-order valence-electron chi connectivity index (χ1n) is 5.63. The van der Waals surface area contributed by atoms with E-state index >= 15 is 0 Å². The summed E-state index contributed by atoms with van der Waals surface area (Å²) >= 11 is 0. The first kappa shape index (κ1) is 14.0. The van der Waals surface area contributed by atoms with Crippen LogP contribution in [0.1, 0.15) is 40.0 Å². The van der Waals surface area contributed by atoms with E-state index in [1.165, 1.54) is 0 Å². The van der Waals surface area contributed by atoms with Crippen molar-refractivity contribution >= 4 is 7.85 Å². The number of hydrogen-bond donors (Lipinski definition) is 1. The van der Waals surface area contributed by atoms with Crippen LogP contribution < -0.4 is 0 Å². The second-order valence-electron chi connectivity index (χ2n) is 3.94. The molecule has 2 nitrogen and oxygen atoms in total. The Morgan fingerprint density at radius 1 is 1.36 bits per heavy atom. The average Bonchev–Trinajstić information content (AvgIpc) is 2.16. The van der Waals surface area contributed by atoms with Gasteiger partial charge in [0.05, 0.1) is 14.0 Å². The molecule has 0 saturated heterocycles. The zero-order chi connectivity index (χ0) is 11.0. The molecule has 0 aromatic carbocycles. The largest absolute Gasteiger partial charge is 0.396 e. The molecule has 2 radical (unpaired) electrons. The summed E-state index contributed by atoms with van der Waals surface area (Å²) in [5.41, 5.74) is 0. The van der Waals surface area contributed by atoms with Gasteiger partial charge in [-0.2, -0.15) is 0 Å². The maximum Gasteiger partial charge on any atom is 0.0700 e. The molecule has 0 fully saturated rings. The summed E-state index contributed by atoms with van der Waals surface area (Å²) in [4.78, 5) is 0. The molecule has 0 spiro atoms. The highest BCUT2D eigenvalue weighted by atomic mass is 16.5. The number of hydrogen-bond acceptors (Lipinski definition) is 2. The van der Waals surface area contributed by atoms with Gasteiger partial charge in [0.1, 0.15) is 0 Å². The minimum absolute atomic E-state index is 0.103. The molecule has 0 aliphatic carbocycles. The van der Waals surface area contributed by atoms with Gasteiger partial charge in [-0.05, 0) is 13.3 Å². The van der Waals surface area contributed by atoms with Crippen molar-refractivity contribution in [2.75, 3.05) is 13.2 Å². The van der Waals surface area contributed by atoms with Crippen LogP contribution in [0, 0.1) is 5.92 Å². The van der Waals surface area contributed by atoms with E-state index in [1.807, 2.05) is 13.8 Å². The Hall–Kier alpha value is -0.0151. The lowest BCUT2D eigenvalue weighted by atomic mass is 9.77. The third kappa shape index (κ3) is 5.66. The third-order valence-electron chi connectivity index (χ3n) is 2.50. The fourth-order valence-corrected chi connectivity index (χ4v) is 1.58. The van der Waals surface area contributed by atoms with Crippen LogP contribution in [0.2, 0.25) is 5.82 Å². The molecule has 14 heavy (non-hydrogen) atoms. The minimum atomic E-state index is 0.103. The maximum atomic E-state index is 9.05. The van der Waals surface area contributed by atoms with Gasteiger partial charge in [0, 0.05) is 19.1 Å². The molecule has 0 aliphatic rings. The van der Waals surface area contributed by atoms with Crippen LogP contribution in [0.25, 0.3) is 0 Å². The van der Waals surface area contributed by atoms with Crippen LogP contribution in [0.3, 0.4) is 0 Å². The molecule has 0 heterocycles. The van der Waals surface area contributed by atoms with E-state index in [0.29, 0.717) is 6.61 Å². The standard InChI is InChI=1S/C11H23BO2/c1-4-6-10(12)7-11(14-5-2)9(3)8-13/h9-11,13H,4-8H2,1-3H3/t9?,10-,11?/m0/s1. The van der Waals surface area contributed by atoms with Crippen molar-refractivity contribution in [3.63, 3.8) is 0 Å². The predicted molar refractivity (Wildman–Crippen MR) is 60.7 cm³/mol. The molecule has 0 aromatic rings. The lowest BCUT2D eigenvalue weighted by molar-refractivity contribution is 0.000246. The highest BCUT2D eigenvalue weighted by Crippen LogP contribution is 2.22. The van der Waals surface area contributed by atoms with Crippen LogP contribution in [-0.2, 0) is 4.74 Å². The molecule has 82 valence electrons. The van der Waals surface area contributed by atoms with Gasteiger partial charge >= 0.3 is 0 Å². The fourth-order valence-electron chi connectivity index (χ4n) is 1.58. The zero-order valence-electron chi connectivity index (χ0n) is 9.70. The molecule has 0 amide bonds.